The summed E-state index contributed by atoms with van der Waals surface area (Å²) in [6, 6.07) is 2.11. The molecule has 0 aromatic rings. The summed E-state index contributed by atoms with van der Waals surface area (Å²) in [5, 5.41) is 27.0. The summed E-state index contributed by atoms with van der Waals surface area (Å²) in [6.07, 6.45) is 1.49. The zero-order valence-electron chi connectivity index (χ0n) is 7.91. The molecule has 74 valence electrons. The van der Waals surface area contributed by atoms with Gasteiger partial charge in [0.2, 0.25) is 0 Å². The number of nitrogens with zero attached hydrogens (tertiary/aromatic N) is 1. The highest BCUT2D eigenvalue weighted by atomic mass is 32.1. The summed E-state index contributed by atoms with van der Waals surface area (Å²) in [6.45, 7) is 3.40. The minimum atomic E-state index is -1.44. The van der Waals surface area contributed by atoms with Crippen LogP contribution in [0.25, 0.3) is 0 Å². The van der Waals surface area contributed by atoms with E-state index in [0.29, 0.717) is 6.42 Å². The van der Waals surface area contributed by atoms with Crippen LogP contribution in [0.1, 0.15) is 19.8 Å². The topological polar surface area (TPSA) is 64.2 Å². The fourth-order valence-corrected chi connectivity index (χ4v) is 3.16. The second kappa shape index (κ2) is 5.42. The van der Waals surface area contributed by atoms with Gasteiger partial charge < -0.3 is 10.2 Å². The van der Waals surface area contributed by atoms with E-state index in [4.69, 9.17) is 10.4 Å². The Hall–Kier alpha value is -0.313. The summed E-state index contributed by atoms with van der Waals surface area (Å²) in [5.41, 5.74) is 0. The first-order chi connectivity index (χ1) is 6.01. The average molecular weight is 217 g/mol. The summed E-state index contributed by atoms with van der Waals surface area (Å²) >= 11 is 4.28. The molecule has 0 heterocycles. The third-order valence-corrected chi connectivity index (χ3v) is 5.96. The first-order valence-electron chi connectivity index (χ1n) is 4.15. The van der Waals surface area contributed by atoms with E-state index >= 15 is 0 Å². The lowest BCUT2D eigenvalue weighted by Gasteiger charge is -2.20. The monoisotopic (exact) mass is 217 g/mol. The lowest BCUT2D eigenvalue weighted by Crippen LogP contribution is -2.37. The molecule has 2 N–H and O–H groups in total. The Morgan fingerprint density at radius 3 is 2.54 bits per heavy atom. The van der Waals surface area contributed by atoms with Crippen LogP contribution in [-0.4, -0.2) is 35.0 Å². The van der Waals surface area contributed by atoms with Gasteiger partial charge in [-0.3, -0.25) is 0 Å². The van der Waals surface area contributed by atoms with Crippen molar-refractivity contribution in [1.29, 1.82) is 5.26 Å². The van der Waals surface area contributed by atoms with Gasteiger partial charge in [0, 0.05) is 0 Å². The minimum Gasteiger partial charge on any atom is -0.516 e. The van der Waals surface area contributed by atoms with Crippen LogP contribution in [0.15, 0.2) is 0 Å². The van der Waals surface area contributed by atoms with Gasteiger partial charge in [-0.1, -0.05) is 19.9 Å². The van der Waals surface area contributed by atoms with Crippen LogP contribution < -0.4 is 0 Å². The first kappa shape index (κ1) is 12.7. The van der Waals surface area contributed by atoms with E-state index in [1.54, 1.807) is 6.55 Å². The Balaban J connectivity index is 4.89. The van der Waals surface area contributed by atoms with E-state index in [2.05, 4.69) is 18.7 Å². The Labute approximate surface area is 85.6 Å². The molecule has 0 aromatic heterocycles. The van der Waals surface area contributed by atoms with Gasteiger partial charge >= 0.3 is 0 Å². The lowest BCUT2D eigenvalue weighted by atomic mass is 10.2. The zero-order valence-corrected chi connectivity index (χ0v) is 9.80. The molecule has 0 spiro atoms. The summed E-state index contributed by atoms with van der Waals surface area (Å²) in [4.78, 5) is 0. The van der Waals surface area contributed by atoms with E-state index in [9.17, 15) is 5.11 Å². The van der Waals surface area contributed by atoms with Crippen molar-refractivity contribution in [3.63, 3.8) is 0 Å². The Morgan fingerprint density at radius 1 is 1.69 bits per heavy atom. The first-order valence-corrected chi connectivity index (χ1v) is 6.60. The second-order valence-electron chi connectivity index (χ2n) is 2.95. The van der Waals surface area contributed by atoms with Gasteiger partial charge in [0.15, 0.2) is 0 Å². The number of hydrogen-bond acceptors (Lipinski definition) is 4. The Morgan fingerprint density at radius 2 is 2.23 bits per heavy atom. The smallest absolute Gasteiger partial charge is 0.108 e. The van der Waals surface area contributed by atoms with Crippen LogP contribution in [0.5, 0.6) is 0 Å². The number of aliphatic hydroxyl groups excluding tert-OH is 2. The number of hydrogen-bond donors (Lipinski definition) is 3. The molecule has 0 aromatic carbocycles. The van der Waals surface area contributed by atoms with Crippen LogP contribution in [0.2, 0.25) is 6.55 Å². The molecule has 3 nitrogen and oxygen atoms in total. The third-order valence-electron chi connectivity index (χ3n) is 2.00. The van der Waals surface area contributed by atoms with Gasteiger partial charge in [-0.2, -0.15) is 17.9 Å². The highest BCUT2D eigenvalue weighted by Crippen LogP contribution is 2.21. The lowest BCUT2D eigenvalue weighted by molar-refractivity contribution is 0.331. The van der Waals surface area contributed by atoms with Crippen molar-refractivity contribution >= 4 is 26.4 Å². The van der Waals surface area contributed by atoms with Gasteiger partial charge in [0.25, 0.3) is 0 Å². The van der Waals surface area contributed by atoms with Crippen molar-refractivity contribution in [2.24, 2.45) is 0 Å². The summed E-state index contributed by atoms with van der Waals surface area (Å²) < 4.78 is -0.772. The largest absolute Gasteiger partial charge is 0.516 e. The Bertz CT molecular complexity index is 249. The van der Waals surface area contributed by atoms with Crippen LogP contribution >= 0.6 is 12.6 Å². The Kier molecular flexibility index (Phi) is 5.29. The molecule has 5 heteroatoms. The van der Waals surface area contributed by atoms with Gasteiger partial charge in [-0.15, -0.1) is 0 Å². The fourth-order valence-electron chi connectivity index (χ4n) is 1.05. The number of aliphatic hydroxyl groups is 2. The van der Waals surface area contributed by atoms with Crippen LogP contribution in [0.3, 0.4) is 0 Å². The zero-order chi connectivity index (χ0) is 10.5. The van der Waals surface area contributed by atoms with E-state index < -0.39 is 12.8 Å². The molecule has 1 atom stereocenters. The van der Waals surface area contributed by atoms with Gasteiger partial charge in [0.05, 0.1) is 26.4 Å². The maximum Gasteiger partial charge on any atom is 0.108 e. The highest BCUT2D eigenvalue weighted by Gasteiger charge is 2.29. The summed E-state index contributed by atoms with van der Waals surface area (Å²) in [7, 11) is -1.44. The third kappa shape index (κ3) is 3.14. The molecule has 0 radical (unpaired) electrons. The van der Waals surface area contributed by atoms with E-state index in [1.807, 2.05) is 6.92 Å². The normalized spacial score (nSPS) is 17.2. The molecule has 0 fully saturated rings. The maximum absolute atomic E-state index is 9.33. The minimum absolute atomic E-state index is 0.0231. The molecule has 0 amide bonds. The molecule has 0 aliphatic rings. The van der Waals surface area contributed by atoms with E-state index in [-0.39, 0.29) is 12.0 Å². The number of rotatable bonds is 4. The molecule has 0 rings (SSSR count). The van der Waals surface area contributed by atoms with Crippen LogP contribution in [0.4, 0.5) is 0 Å². The van der Waals surface area contributed by atoms with Crippen molar-refractivity contribution in [2.75, 3.05) is 6.61 Å². The fraction of sp³-hybridized carbons (Fsp3) is 0.750. The number of thiol groups is 1. The van der Waals surface area contributed by atoms with Crippen molar-refractivity contribution in [3.8, 4) is 6.07 Å². The molecule has 0 saturated heterocycles. The molecule has 1 unspecified atom stereocenters. The van der Waals surface area contributed by atoms with Crippen molar-refractivity contribution < 1.29 is 10.2 Å². The van der Waals surface area contributed by atoms with E-state index in [0.717, 1.165) is 6.42 Å². The quantitative estimate of drug-likeness (QED) is 0.480. The molecule has 0 aliphatic heterocycles. The molecule has 0 aliphatic carbocycles. The van der Waals surface area contributed by atoms with Crippen molar-refractivity contribution in [2.45, 2.75) is 30.7 Å². The molecule has 0 saturated carbocycles. The maximum atomic E-state index is 9.33. The van der Waals surface area contributed by atoms with Crippen LogP contribution in [0, 0.1) is 11.3 Å². The van der Waals surface area contributed by atoms with Crippen molar-refractivity contribution in [1.82, 2.24) is 0 Å². The van der Waals surface area contributed by atoms with E-state index in [1.165, 1.54) is 0 Å². The number of nitriles is 1. The van der Waals surface area contributed by atoms with Crippen LogP contribution in [-0.2, 0) is 0 Å². The van der Waals surface area contributed by atoms with Gasteiger partial charge in [-0.05, 0) is 6.42 Å². The summed E-state index contributed by atoms with van der Waals surface area (Å²) in [5.74, 6) is 0. The predicted octanol–water partition coefficient (Wildman–Crippen LogP) is 0.719. The highest BCUT2D eigenvalue weighted by molar-refractivity contribution is 7.84. The average Bonchev–Trinajstić information content (AvgIpc) is 2.15. The molecular formula is C8H15NO2SSi. The molecule has 0 bridgehead atoms. The molecule has 13 heavy (non-hydrogen) atoms. The SMILES string of the molecule is CCCC(S)(C#N)/[Si](C)=C(\O)CO. The predicted molar refractivity (Wildman–Crippen MR) is 57.9 cm³/mol. The second-order valence-corrected chi connectivity index (χ2v) is 6.82. The molecular weight excluding hydrogens is 202 g/mol. The van der Waals surface area contributed by atoms with Gasteiger partial charge in [0.1, 0.15) is 4.37 Å². The standard InChI is InChI=1S/C8H15NO2SSi/c1-3-4-8(12,6-9)13(2)7(11)5-10/h10-12H,3-5H2,1-2H3/b13-7-. The van der Waals surface area contributed by atoms with Gasteiger partial charge in [-0.25, -0.2) is 0 Å². The van der Waals surface area contributed by atoms with Crippen molar-refractivity contribution in [3.05, 3.63) is 0 Å².